The maximum atomic E-state index is 12.4. The van der Waals surface area contributed by atoms with Gasteiger partial charge in [0.25, 0.3) is 11.8 Å². The number of carbonyl (C=O) groups is 3. The van der Waals surface area contributed by atoms with Gasteiger partial charge in [0.1, 0.15) is 24.7 Å². The Kier molecular flexibility index (Phi) is 4.30. The normalized spacial score (nSPS) is 22.6. The Morgan fingerprint density at radius 3 is 3.00 bits per heavy atom. The smallest absolute Gasteiger partial charge is 0.333 e. The van der Waals surface area contributed by atoms with Gasteiger partial charge in [-0.15, -0.1) is 11.8 Å². The van der Waals surface area contributed by atoms with Crippen molar-refractivity contribution in [2.45, 2.75) is 11.4 Å². The third kappa shape index (κ3) is 2.64. The minimum atomic E-state index is -1.07. The van der Waals surface area contributed by atoms with Crippen LogP contribution in [0.3, 0.4) is 0 Å². The van der Waals surface area contributed by atoms with Gasteiger partial charge >= 0.3 is 5.97 Å². The molecule has 1 aromatic rings. The van der Waals surface area contributed by atoms with Crippen LogP contribution in [0, 0.1) is 0 Å². The van der Waals surface area contributed by atoms with Crippen LogP contribution in [0.2, 0.25) is 0 Å². The van der Waals surface area contributed by atoms with Crippen molar-refractivity contribution in [3.05, 3.63) is 30.2 Å². The zero-order chi connectivity index (χ0) is 17.3. The quantitative estimate of drug-likeness (QED) is 0.467. The number of aliphatic carboxylic acids is 1. The highest BCUT2D eigenvalue weighted by Crippen LogP contribution is 2.40. The molecule has 2 aliphatic heterocycles. The summed E-state index contributed by atoms with van der Waals surface area (Å²) in [6.07, 6.45) is 3.65. The number of rotatable bonds is 5. The zero-order valence-corrected chi connectivity index (χ0v) is 13.3. The lowest BCUT2D eigenvalue weighted by Gasteiger charge is -2.49. The molecule has 9 nitrogen and oxygen atoms in total. The fourth-order valence-electron chi connectivity index (χ4n) is 2.46. The summed E-state index contributed by atoms with van der Waals surface area (Å²) < 4.78 is 5.25. The van der Waals surface area contributed by atoms with E-state index in [-0.39, 0.29) is 28.5 Å². The largest absolute Gasteiger partial charge is 0.478 e. The van der Waals surface area contributed by atoms with E-state index < -0.39 is 17.9 Å². The number of carboxylic acid groups (broad SMARTS) is 1. The summed E-state index contributed by atoms with van der Waals surface area (Å²) in [6.45, 7) is 0. The van der Waals surface area contributed by atoms with Crippen LogP contribution in [-0.4, -0.2) is 58.3 Å². The second kappa shape index (κ2) is 6.40. The highest BCUT2D eigenvalue weighted by atomic mass is 32.2. The van der Waals surface area contributed by atoms with E-state index in [1.165, 1.54) is 41.1 Å². The SMILES string of the molecule is CON=CC(=O)N(c1ccco1)C1C(=O)N2C=C(C(=O)O)CS[C@H]12. The number of fused-ring (bicyclic) bond motifs is 1. The number of hydrogen-bond donors (Lipinski definition) is 1. The number of β-lactam (4-membered cyclic amide) rings is 1. The number of carbonyl (C=O) groups excluding carboxylic acids is 2. The molecule has 2 atom stereocenters. The van der Waals surface area contributed by atoms with Gasteiger partial charge in [-0.25, -0.2) is 4.79 Å². The van der Waals surface area contributed by atoms with Crippen LogP contribution >= 0.6 is 11.8 Å². The summed E-state index contributed by atoms with van der Waals surface area (Å²) in [4.78, 5) is 42.9. The molecule has 1 unspecified atom stereocenters. The van der Waals surface area contributed by atoms with E-state index in [2.05, 4.69) is 9.99 Å². The van der Waals surface area contributed by atoms with Crippen molar-refractivity contribution in [3.8, 4) is 0 Å². The predicted octanol–water partition coefficient (Wildman–Crippen LogP) is 0.497. The summed E-state index contributed by atoms with van der Waals surface area (Å²) in [5.74, 6) is -1.58. The van der Waals surface area contributed by atoms with Crippen molar-refractivity contribution in [3.63, 3.8) is 0 Å². The molecule has 0 spiro atoms. The first-order chi connectivity index (χ1) is 11.5. The average Bonchev–Trinajstić information content (AvgIpc) is 3.10. The van der Waals surface area contributed by atoms with Crippen molar-refractivity contribution in [1.82, 2.24) is 4.90 Å². The van der Waals surface area contributed by atoms with E-state index in [0.717, 1.165) is 6.21 Å². The van der Waals surface area contributed by atoms with Crippen molar-refractivity contribution in [2.75, 3.05) is 17.8 Å². The van der Waals surface area contributed by atoms with E-state index in [1.54, 1.807) is 12.1 Å². The number of amides is 2. The number of anilines is 1. The summed E-state index contributed by atoms with van der Waals surface area (Å²) in [6, 6.07) is 2.35. The summed E-state index contributed by atoms with van der Waals surface area (Å²) in [5.41, 5.74) is 0.139. The second-order valence-corrected chi connectivity index (χ2v) is 6.03. The standard InChI is InChI=1S/C14H13N3O6S/c1-22-15-5-9(18)17(10-3-2-4-23-10)11-12(19)16-6-8(14(20)21)7-24-13(11)16/h2-6,11,13H,7H2,1H3,(H,20,21)/t11?,13-/m1/s1. The highest BCUT2D eigenvalue weighted by Gasteiger charge is 2.54. The zero-order valence-electron chi connectivity index (χ0n) is 12.5. The molecule has 1 fully saturated rings. The molecule has 2 aliphatic rings. The Morgan fingerprint density at radius 1 is 1.58 bits per heavy atom. The first-order valence-electron chi connectivity index (χ1n) is 6.85. The molecule has 10 heteroatoms. The lowest BCUT2D eigenvalue weighted by atomic mass is 10.0. The molecular weight excluding hydrogens is 338 g/mol. The minimum absolute atomic E-state index is 0.139. The van der Waals surface area contributed by atoms with E-state index in [4.69, 9.17) is 9.52 Å². The number of oxime groups is 1. The van der Waals surface area contributed by atoms with Crippen LogP contribution in [0.4, 0.5) is 5.88 Å². The molecule has 1 aromatic heterocycles. The van der Waals surface area contributed by atoms with Crippen LogP contribution < -0.4 is 4.90 Å². The number of nitrogens with zero attached hydrogens (tertiary/aromatic N) is 3. The van der Waals surface area contributed by atoms with Gasteiger partial charge in [-0.05, 0) is 6.07 Å². The Labute approximate surface area is 140 Å². The van der Waals surface area contributed by atoms with Crippen molar-refractivity contribution >= 4 is 41.6 Å². The van der Waals surface area contributed by atoms with E-state index in [1.807, 2.05) is 0 Å². The van der Waals surface area contributed by atoms with Gasteiger partial charge in [0.2, 0.25) is 5.88 Å². The summed E-state index contributed by atoms with van der Waals surface area (Å²) in [7, 11) is 1.30. The average molecular weight is 351 g/mol. The maximum Gasteiger partial charge on any atom is 0.333 e. The van der Waals surface area contributed by atoms with Gasteiger partial charge in [-0.2, -0.15) is 0 Å². The molecule has 0 radical (unpaired) electrons. The van der Waals surface area contributed by atoms with Crippen molar-refractivity contribution in [2.24, 2.45) is 5.16 Å². The van der Waals surface area contributed by atoms with Crippen LogP contribution in [-0.2, 0) is 19.2 Å². The molecule has 126 valence electrons. The third-order valence-electron chi connectivity index (χ3n) is 3.56. The van der Waals surface area contributed by atoms with Crippen LogP contribution in [0.5, 0.6) is 0 Å². The molecule has 0 aromatic carbocycles. The Bertz CT molecular complexity index is 729. The molecule has 3 rings (SSSR count). The van der Waals surface area contributed by atoms with Crippen molar-refractivity contribution in [1.29, 1.82) is 0 Å². The van der Waals surface area contributed by atoms with Gasteiger partial charge in [0.05, 0.1) is 11.8 Å². The van der Waals surface area contributed by atoms with E-state index in [9.17, 15) is 14.4 Å². The van der Waals surface area contributed by atoms with E-state index >= 15 is 0 Å². The van der Waals surface area contributed by atoms with Gasteiger partial charge in [-0.3, -0.25) is 14.5 Å². The molecule has 0 saturated carbocycles. The number of furan rings is 1. The Balaban J connectivity index is 1.88. The van der Waals surface area contributed by atoms with Crippen molar-refractivity contribution < 1.29 is 28.7 Å². The molecule has 2 amide bonds. The number of hydrogen-bond acceptors (Lipinski definition) is 7. The van der Waals surface area contributed by atoms with E-state index in [0.29, 0.717) is 0 Å². The molecular formula is C14H13N3O6S. The Morgan fingerprint density at radius 2 is 2.38 bits per heavy atom. The van der Waals surface area contributed by atoms with Gasteiger partial charge in [0, 0.05) is 18.0 Å². The van der Waals surface area contributed by atoms with Gasteiger partial charge in [-0.1, -0.05) is 5.16 Å². The summed E-state index contributed by atoms with van der Waals surface area (Å²) >= 11 is 1.27. The maximum absolute atomic E-state index is 12.4. The topological polar surface area (TPSA) is 113 Å². The summed E-state index contributed by atoms with van der Waals surface area (Å²) in [5, 5.41) is 12.1. The van der Waals surface area contributed by atoms with Crippen LogP contribution in [0.25, 0.3) is 0 Å². The molecule has 1 saturated heterocycles. The first-order valence-corrected chi connectivity index (χ1v) is 7.90. The fraction of sp³-hybridized carbons (Fsp3) is 0.286. The third-order valence-corrected chi connectivity index (χ3v) is 4.86. The van der Waals surface area contributed by atoms with Crippen LogP contribution in [0.1, 0.15) is 0 Å². The molecule has 0 aliphatic carbocycles. The number of carboxylic acids is 1. The monoisotopic (exact) mass is 351 g/mol. The van der Waals surface area contributed by atoms with Gasteiger partial charge in [0.15, 0.2) is 0 Å². The Hall–Kier alpha value is -2.75. The molecule has 3 heterocycles. The molecule has 1 N–H and O–H groups in total. The predicted molar refractivity (Wildman–Crippen MR) is 84.3 cm³/mol. The first kappa shape index (κ1) is 16.1. The molecule has 24 heavy (non-hydrogen) atoms. The molecule has 0 bridgehead atoms. The lowest BCUT2D eigenvalue weighted by Crippen LogP contribution is -2.70. The highest BCUT2D eigenvalue weighted by molar-refractivity contribution is 8.00. The minimum Gasteiger partial charge on any atom is -0.478 e. The fourth-order valence-corrected chi connectivity index (χ4v) is 3.76. The lowest BCUT2D eigenvalue weighted by molar-refractivity contribution is -0.142. The number of thioether (sulfide) groups is 1. The second-order valence-electron chi connectivity index (χ2n) is 4.93. The van der Waals surface area contributed by atoms with Gasteiger partial charge < -0.3 is 19.3 Å². The van der Waals surface area contributed by atoms with Crippen LogP contribution in [0.15, 0.2) is 39.7 Å².